The number of hydrogen-bond donors (Lipinski definition) is 2. The summed E-state index contributed by atoms with van der Waals surface area (Å²) in [6.45, 7) is 3.04. The fourth-order valence-corrected chi connectivity index (χ4v) is 6.04. The highest BCUT2D eigenvalue weighted by Gasteiger charge is 2.45. The van der Waals surface area contributed by atoms with Crippen LogP contribution in [0.3, 0.4) is 0 Å². The van der Waals surface area contributed by atoms with E-state index in [2.05, 4.69) is 10.6 Å². The molecule has 0 bridgehead atoms. The molecule has 3 rings (SSSR count). The highest BCUT2D eigenvalue weighted by atomic mass is 35.5. The van der Waals surface area contributed by atoms with Gasteiger partial charge in [0.15, 0.2) is 9.84 Å². The number of Topliss-reactive ketones (excluding diaryl/α,β-unsaturated/α-hetero) is 1. The van der Waals surface area contributed by atoms with Crippen LogP contribution in [0.5, 0.6) is 0 Å². The minimum Gasteiger partial charge on any atom is -0.344 e. The normalized spacial score (nSPS) is 17.9. The first kappa shape index (κ1) is 32.8. The summed E-state index contributed by atoms with van der Waals surface area (Å²) in [5, 5.41) is 5.27. The van der Waals surface area contributed by atoms with E-state index in [0.717, 1.165) is 0 Å². The summed E-state index contributed by atoms with van der Waals surface area (Å²) in [6, 6.07) is 8.75. The molecule has 3 atom stereocenters. The Balaban J connectivity index is 1.88. The van der Waals surface area contributed by atoms with Gasteiger partial charge in [-0.1, -0.05) is 73.4 Å². The topological polar surface area (TPSA) is 113 Å². The molecule has 2 amide bonds. The second kappa shape index (κ2) is 13.5. The van der Waals surface area contributed by atoms with Crippen molar-refractivity contribution in [3.8, 4) is 0 Å². The number of halogens is 5. The monoisotopic (exact) mass is 635 g/mol. The molecule has 1 fully saturated rings. The van der Waals surface area contributed by atoms with Gasteiger partial charge in [-0.15, -0.1) is 0 Å². The number of benzene rings is 2. The number of alkyl halides is 3. The van der Waals surface area contributed by atoms with Crippen LogP contribution in [0.2, 0.25) is 10.0 Å². The summed E-state index contributed by atoms with van der Waals surface area (Å²) < 4.78 is 63.6. The van der Waals surface area contributed by atoms with Crippen LogP contribution in [0, 0.1) is 5.92 Å². The van der Waals surface area contributed by atoms with Crippen molar-refractivity contribution < 1.29 is 36.0 Å². The zero-order chi connectivity index (χ0) is 30.5. The third-order valence-electron chi connectivity index (χ3n) is 6.75. The van der Waals surface area contributed by atoms with Crippen molar-refractivity contribution in [3.63, 3.8) is 0 Å². The van der Waals surface area contributed by atoms with Crippen molar-refractivity contribution in [2.75, 3.05) is 24.6 Å². The molecule has 0 spiro atoms. The van der Waals surface area contributed by atoms with Crippen LogP contribution in [0.1, 0.15) is 43.5 Å². The van der Waals surface area contributed by atoms with Crippen molar-refractivity contribution in [1.29, 1.82) is 0 Å². The Kier molecular flexibility index (Phi) is 10.8. The van der Waals surface area contributed by atoms with Gasteiger partial charge in [0, 0.05) is 25.6 Å². The number of hydrogen-bond acceptors (Lipinski definition) is 6. The summed E-state index contributed by atoms with van der Waals surface area (Å²) >= 11 is 12.3. The van der Waals surface area contributed by atoms with E-state index in [9.17, 15) is 36.0 Å². The largest absolute Gasteiger partial charge is 0.452 e. The Morgan fingerprint density at radius 3 is 2.07 bits per heavy atom. The lowest BCUT2D eigenvalue weighted by Gasteiger charge is -2.35. The molecule has 0 saturated carbocycles. The zero-order valence-electron chi connectivity index (χ0n) is 22.3. The van der Waals surface area contributed by atoms with Crippen LogP contribution in [0.15, 0.2) is 48.5 Å². The van der Waals surface area contributed by atoms with E-state index in [-0.39, 0.29) is 46.6 Å². The lowest BCUT2D eigenvalue weighted by Crippen LogP contribution is -2.53. The number of sulfone groups is 1. The van der Waals surface area contributed by atoms with E-state index < -0.39 is 57.7 Å². The van der Waals surface area contributed by atoms with Gasteiger partial charge in [0.25, 0.3) is 5.78 Å². The van der Waals surface area contributed by atoms with E-state index >= 15 is 0 Å². The van der Waals surface area contributed by atoms with Crippen LogP contribution in [0.25, 0.3) is 0 Å². The maximum Gasteiger partial charge on any atom is 0.452 e. The molecule has 0 radical (unpaired) electrons. The predicted octanol–water partition coefficient (Wildman–Crippen LogP) is 4.28. The Morgan fingerprint density at radius 2 is 1.54 bits per heavy atom. The molecular formula is C27H30Cl2F3N3O5S. The van der Waals surface area contributed by atoms with Crippen LogP contribution >= 0.6 is 23.2 Å². The molecule has 2 N–H and O–H groups in total. The van der Waals surface area contributed by atoms with E-state index in [0.29, 0.717) is 5.56 Å². The van der Waals surface area contributed by atoms with Gasteiger partial charge in [0.1, 0.15) is 6.04 Å². The SMILES string of the molecule is CC(C)[C@H](NC(=O)[C@@H](NC(=O)C[C@@H](c1ccc(Cl)c(Cl)c1)N1CCS(=O)(=O)CC1)c1ccccc1)C(=O)C(F)(F)F. The quantitative estimate of drug-likeness (QED) is 0.403. The Morgan fingerprint density at radius 1 is 0.927 bits per heavy atom. The fourth-order valence-electron chi connectivity index (χ4n) is 4.50. The second-order valence-electron chi connectivity index (χ2n) is 10.1. The third-order valence-corrected chi connectivity index (χ3v) is 9.10. The molecule has 1 heterocycles. The molecule has 2 aromatic carbocycles. The van der Waals surface area contributed by atoms with Crippen molar-refractivity contribution in [2.45, 2.75) is 44.6 Å². The summed E-state index contributed by atoms with van der Waals surface area (Å²) in [5.74, 6) is -4.82. The minimum absolute atomic E-state index is 0.106. The zero-order valence-corrected chi connectivity index (χ0v) is 24.6. The summed E-state index contributed by atoms with van der Waals surface area (Å²) in [7, 11) is -3.23. The van der Waals surface area contributed by atoms with Crippen molar-refractivity contribution in [2.24, 2.45) is 5.92 Å². The number of carbonyl (C=O) groups is 3. The first-order valence-electron chi connectivity index (χ1n) is 12.7. The number of nitrogens with one attached hydrogen (secondary N) is 2. The van der Waals surface area contributed by atoms with E-state index in [4.69, 9.17) is 23.2 Å². The molecule has 41 heavy (non-hydrogen) atoms. The molecule has 0 aromatic heterocycles. The highest BCUT2D eigenvalue weighted by Crippen LogP contribution is 2.32. The highest BCUT2D eigenvalue weighted by molar-refractivity contribution is 7.91. The molecule has 0 aliphatic carbocycles. The average molecular weight is 637 g/mol. The summed E-state index contributed by atoms with van der Waals surface area (Å²) in [4.78, 5) is 40.5. The number of nitrogens with zero attached hydrogens (tertiary/aromatic N) is 1. The minimum atomic E-state index is -5.16. The van der Waals surface area contributed by atoms with Crippen LogP contribution in [-0.2, 0) is 24.2 Å². The van der Waals surface area contributed by atoms with Gasteiger partial charge in [0.05, 0.1) is 27.6 Å². The van der Waals surface area contributed by atoms with Crippen molar-refractivity contribution in [1.82, 2.24) is 15.5 Å². The Hall–Kier alpha value is -2.67. The number of rotatable bonds is 10. The number of carbonyl (C=O) groups excluding carboxylic acids is 3. The van der Waals surface area contributed by atoms with E-state index in [1.165, 1.54) is 26.0 Å². The molecule has 1 aliphatic rings. The van der Waals surface area contributed by atoms with Gasteiger partial charge < -0.3 is 10.6 Å². The summed E-state index contributed by atoms with van der Waals surface area (Å²) in [6.07, 6.45) is -5.40. The molecule has 1 aliphatic heterocycles. The van der Waals surface area contributed by atoms with Crippen molar-refractivity contribution in [3.05, 3.63) is 69.7 Å². The number of ketones is 1. The number of amides is 2. The summed E-state index contributed by atoms with van der Waals surface area (Å²) in [5.41, 5.74) is 0.876. The fraction of sp³-hybridized carbons (Fsp3) is 0.444. The molecular weight excluding hydrogens is 606 g/mol. The van der Waals surface area contributed by atoms with Crippen LogP contribution in [-0.4, -0.2) is 67.7 Å². The predicted molar refractivity (Wildman–Crippen MR) is 149 cm³/mol. The maximum atomic E-state index is 13.4. The second-order valence-corrected chi connectivity index (χ2v) is 13.2. The molecule has 224 valence electrons. The smallest absolute Gasteiger partial charge is 0.344 e. The van der Waals surface area contributed by atoms with E-state index in [1.807, 2.05) is 4.90 Å². The molecule has 0 unspecified atom stereocenters. The van der Waals surface area contributed by atoms with Gasteiger partial charge in [-0.2, -0.15) is 13.2 Å². The van der Waals surface area contributed by atoms with Crippen molar-refractivity contribution >= 4 is 50.6 Å². The van der Waals surface area contributed by atoms with Gasteiger partial charge in [-0.3, -0.25) is 19.3 Å². The first-order valence-corrected chi connectivity index (χ1v) is 15.3. The lowest BCUT2D eigenvalue weighted by molar-refractivity contribution is -0.175. The lowest BCUT2D eigenvalue weighted by atomic mass is 9.97. The van der Waals surface area contributed by atoms with E-state index in [1.54, 1.807) is 36.4 Å². The molecule has 2 aromatic rings. The third kappa shape index (κ3) is 8.91. The molecule has 14 heteroatoms. The Bertz CT molecular complexity index is 1360. The first-order chi connectivity index (χ1) is 19.1. The average Bonchev–Trinajstić information content (AvgIpc) is 2.90. The standard InChI is InChI=1S/C27H30Cl2F3N3O5S/c1-16(2)23(25(37)27(30,31)32)34-26(38)24(17-6-4-3-5-7-17)33-22(36)15-21(18-8-9-19(28)20(29)14-18)35-10-12-41(39,40)13-11-35/h3-9,14,16,21,23-24H,10-13,15H2,1-2H3,(H,33,36)(H,34,38)/t21-,23-,24-/m0/s1. The van der Waals surface area contributed by atoms with Gasteiger partial charge in [-0.05, 0) is 29.2 Å². The van der Waals surface area contributed by atoms with Gasteiger partial charge >= 0.3 is 6.18 Å². The molecule has 8 nitrogen and oxygen atoms in total. The van der Waals surface area contributed by atoms with Crippen LogP contribution in [0.4, 0.5) is 13.2 Å². The molecule has 1 saturated heterocycles. The maximum absolute atomic E-state index is 13.4. The van der Waals surface area contributed by atoms with Crippen LogP contribution < -0.4 is 10.6 Å². The van der Waals surface area contributed by atoms with Gasteiger partial charge in [0.2, 0.25) is 11.8 Å². The van der Waals surface area contributed by atoms with Gasteiger partial charge in [-0.25, -0.2) is 8.42 Å². The Labute approximate surface area is 246 Å².